The molecule has 0 fully saturated rings. The lowest BCUT2D eigenvalue weighted by Gasteiger charge is -2.17. The van der Waals surface area contributed by atoms with Crippen molar-refractivity contribution in [1.29, 1.82) is 0 Å². The number of carbonyl (C=O) groups is 1. The minimum Gasteiger partial charge on any atom is -0.475 e. The molecule has 0 bridgehead atoms. The second-order valence-corrected chi connectivity index (χ2v) is 6.98. The Morgan fingerprint density at radius 1 is 1.27 bits per heavy atom. The molecular weight excluding hydrogens is 481 g/mol. The number of carboxylic acid groups (broad SMARTS) is 1. The molecule has 2 rings (SSSR count). The van der Waals surface area contributed by atoms with Crippen LogP contribution in [0, 0.1) is 11.6 Å². The maximum Gasteiger partial charge on any atom is 0.490 e. The molecule has 184 valence electrons. The van der Waals surface area contributed by atoms with E-state index < -0.39 is 29.3 Å². The van der Waals surface area contributed by atoms with Crippen LogP contribution in [0.2, 0.25) is 5.02 Å². The normalized spacial score (nSPS) is 11.1. The molecule has 0 aliphatic carbocycles. The first-order valence-electron chi connectivity index (χ1n) is 9.31. The third-order valence-corrected chi connectivity index (χ3v) is 4.04. The maximum atomic E-state index is 13.7. The molecule has 3 N–H and O–H groups in total. The summed E-state index contributed by atoms with van der Waals surface area (Å²) in [6.07, 6.45) is -4.51. The average Bonchev–Trinajstić information content (AvgIpc) is 2.70. The van der Waals surface area contributed by atoms with Crippen LogP contribution in [-0.4, -0.2) is 40.0 Å². The number of hydrogen-bond donors (Lipinski definition) is 2. The van der Waals surface area contributed by atoms with Gasteiger partial charge in [0.15, 0.2) is 5.02 Å². The number of nitrogens with zero attached hydrogens (tertiary/aromatic N) is 2. The number of benzene rings is 1. The van der Waals surface area contributed by atoms with E-state index in [1.165, 1.54) is 10.6 Å². The van der Waals surface area contributed by atoms with Crippen LogP contribution in [0.4, 0.5) is 22.0 Å². The second kappa shape index (κ2) is 12.3. The van der Waals surface area contributed by atoms with Gasteiger partial charge >= 0.3 is 18.2 Å². The van der Waals surface area contributed by atoms with Crippen molar-refractivity contribution in [2.75, 3.05) is 13.2 Å². The van der Waals surface area contributed by atoms with Crippen LogP contribution in [0.5, 0.6) is 11.9 Å². The van der Waals surface area contributed by atoms with Gasteiger partial charge in [0.05, 0.1) is 6.61 Å². The predicted octanol–water partition coefficient (Wildman–Crippen LogP) is 3.70. The van der Waals surface area contributed by atoms with Crippen molar-refractivity contribution in [3.8, 4) is 11.9 Å². The first-order valence-corrected chi connectivity index (χ1v) is 9.69. The van der Waals surface area contributed by atoms with Crippen molar-refractivity contribution in [3.63, 3.8) is 0 Å². The number of rotatable bonds is 8. The smallest absolute Gasteiger partial charge is 0.475 e. The van der Waals surface area contributed by atoms with Crippen molar-refractivity contribution >= 4 is 17.6 Å². The quantitative estimate of drug-likeness (QED) is 0.418. The van der Waals surface area contributed by atoms with E-state index in [1.807, 2.05) is 0 Å². The van der Waals surface area contributed by atoms with Crippen LogP contribution in [0.15, 0.2) is 23.0 Å². The summed E-state index contributed by atoms with van der Waals surface area (Å²) in [6.45, 7) is 3.98. The molecule has 0 unspecified atom stereocenters. The molecule has 1 aromatic heterocycles. The topological polar surface area (TPSA) is 117 Å². The summed E-state index contributed by atoms with van der Waals surface area (Å²) < 4.78 is 70.6. The molecule has 0 aliphatic rings. The van der Waals surface area contributed by atoms with Crippen LogP contribution in [0.3, 0.4) is 0 Å². The molecule has 2 aromatic rings. The van der Waals surface area contributed by atoms with Crippen molar-refractivity contribution in [2.24, 2.45) is 5.73 Å². The Kier molecular flexibility index (Phi) is 10.5. The van der Waals surface area contributed by atoms with Crippen LogP contribution in [0.25, 0.3) is 0 Å². The highest BCUT2D eigenvalue weighted by Gasteiger charge is 2.38. The standard InChI is InChI=1S/C17H20ClF2N3O3.C2HF3O2/c1-10(2)23-16(24)14(18)15(22-17(23)25-7-3-6-21)26-9-11-4-5-12(19)8-13(11)20;3-2(4,5)1(6)7/h4-5,8,10H,3,6-7,9,21H2,1-2H3;(H,6,7). The maximum absolute atomic E-state index is 13.7. The number of aliphatic carboxylic acids is 1. The van der Waals surface area contributed by atoms with Crippen molar-refractivity contribution in [1.82, 2.24) is 9.55 Å². The summed E-state index contributed by atoms with van der Waals surface area (Å²) in [5.41, 5.74) is 5.00. The van der Waals surface area contributed by atoms with E-state index in [-0.39, 0.29) is 41.7 Å². The Balaban J connectivity index is 0.000000675. The van der Waals surface area contributed by atoms with E-state index >= 15 is 0 Å². The fourth-order valence-corrected chi connectivity index (χ4v) is 2.35. The zero-order valence-electron chi connectivity index (χ0n) is 17.5. The van der Waals surface area contributed by atoms with E-state index in [2.05, 4.69) is 4.98 Å². The fraction of sp³-hybridized carbons (Fsp3) is 0.421. The summed E-state index contributed by atoms with van der Waals surface area (Å²) in [5.74, 6) is -4.40. The second-order valence-electron chi connectivity index (χ2n) is 6.60. The zero-order chi connectivity index (χ0) is 25.3. The van der Waals surface area contributed by atoms with Gasteiger partial charge in [-0.05, 0) is 38.9 Å². The lowest BCUT2D eigenvalue weighted by atomic mass is 10.2. The van der Waals surface area contributed by atoms with Crippen LogP contribution < -0.4 is 20.8 Å². The van der Waals surface area contributed by atoms with E-state index in [4.69, 9.17) is 36.7 Å². The summed E-state index contributed by atoms with van der Waals surface area (Å²) >= 11 is 6.06. The molecule has 0 saturated heterocycles. The number of ether oxygens (including phenoxy) is 2. The van der Waals surface area contributed by atoms with Crippen molar-refractivity contribution in [3.05, 3.63) is 50.8 Å². The first kappa shape index (κ1) is 28.1. The summed E-state index contributed by atoms with van der Waals surface area (Å²) in [4.78, 5) is 25.5. The van der Waals surface area contributed by atoms with Crippen LogP contribution >= 0.6 is 11.6 Å². The Morgan fingerprint density at radius 3 is 2.36 bits per heavy atom. The highest BCUT2D eigenvalue weighted by Crippen LogP contribution is 2.25. The molecule has 0 spiro atoms. The molecule has 0 saturated carbocycles. The van der Waals surface area contributed by atoms with E-state index in [0.717, 1.165) is 12.1 Å². The number of hydrogen-bond acceptors (Lipinski definition) is 6. The van der Waals surface area contributed by atoms with Gasteiger partial charge in [-0.1, -0.05) is 11.6 Å². The lowest BCUT2D eigenvalue weighted by molar-refractivity contribution is -0.192. The predicted molar refractivity (Wildman–Crippen MR) is 107 cm³/mol. The number of nitrogens with two attached hydrogens (primary N) is 1. The molecule has 1 aromatic carbocycles. The molecule has 14 heteroatoms. The summed E-state index contributed by atoms with van der Waals surface area (Å²) in [7, 11) is 0. The summed E-state index contributed by atoms with van der Waals surface area (Å²) in [6, 6.07) is 2.88. The first-order chi connectivity index (χ1) is 15.3. The number of alkyl halides is 3. The molecule has 8 nitrogen and oxygen atoms in total. The molecule has 1 heterocycles. The molecule has 33 heavy (non-hydrogen) atoms. The van der Waals surface area contributed by atoms with Crippen molar-refractivity contribution in [2.45, 2.75) is 39.1 Å². The van der Waals surface area contributed by atoms with Crippen molar-refractivity contribution < 1.29 is 41.3 Å². The van der Waals surface area contributed by atoms with Gasteiger partial charge in [-0.2, -0.15) is 18.2 Å². The SMILES string of the molecule is CC(C)n1c(OCCCN)nc(OCc2ccc(F)cc2F)c(Cl)c1=O.O=C(O)C(F)(F)F. The lowest BCUT2D eigenvalue weighted by Crippen LogP contribution is -2.26. The van der Waals surface area contributed by atoms with E-state index in [0.29, 0.717) is 13.0 Å². The van der Waals surface area contributed by atoms with Gasteiger partial charge in [-0.3, -0.25) is 9.36 Å². The van der Waals surface area contributed by atoms with Gasteiger partial charge in [0.25, 0.3) is 5.56 Å². The zero-order valence-corrected chi connectivity index (χ0v) is 18.2. The molecule has 0 atom stereocenters. The monoisotopic (exact) mass is 501 g/mol. The van der Waals surface area contributed by atoms with Crippen LogP contribution in [0.1, 0.15) is 31.9 Å². The molecule has 0 amide bonds. The van der Waals surface area contributed by atoms with Gasteiger partial charge in [0.1, 0.15) is 18.2 Å². The third-order valence-electron chi connectivity index (χ3n) is 3.72. The Labute approximate surface area is 189 Å². The van der Waals surface area contributed by atoms with Gasteiger partial charge in [0, 0.05) is 17.7 Å². The Bertz CT molecular complexity index is 1010. The highest BCUT2D eigenvalue weighted by atomic mass is 35.5. The number of aromatic nitrogens is 2. The van der Waals surface area contributed by atoms with Gasteiger partial charge in [0.2, 0.25) is 5.88 Å². The van der Waals surface area contributed by atoms with E-state index in [9.17, 15) is 26.7 Å². The van der Waals surface area contributed by atoms with Gasteiger partial charge < -0.3 is 20.3 Å². The number of halogens is 6. The van der Waals surface area contributed by atoms with Gasteiger partial charge in [-0.15, -0.1) is 0 Å². The van der Waals surface area contributed by atoms with Gasteiger partial charge in [-0.25, -0.2) is 13.6 Å². The highest BCUT2D eigenvalue weighted by molar-refractivity contribution is 6.31. The average molecular weight is 502 g/mol. The Morgan fingerprint density at radius 2 is 1.88 bits per heavy atom. The Hall–Kier alpha value is -2.93. The molecular formula is C19H21ClF5N3O5. The van der Waals surface area contributed by atoms with E-state index in [1.54, 1.807) is 13.8 Å². The largest absolute Gasteiger partial charge is 0.490 e. The fourth-order valence-electron chi connectivity index (χ4n) is 2.16. The minimum atomic E-state index is -5.08. The number of carboxylic acids is 1. The van der Waals surface area contributed by atoms with Crippen LogP contribution in [-0.2, 0) is 11.4 Å². The summed E-state index contributed by atoms with van der Waals surface area (Å²) in [5, 5.41) is 6.88. The molecule has 0 radical (unpaired) electrons. The molecule has 0 aliphatic heterocycles. The minimum absolute atomic E-state index is 0.0393. The third kappa shape index (κ3) is 8.50.